The van der Waals surface area contributed by atoms with E-state index in [4.69, 9.17) is 33.0 Å². The molecule has 2 N–H and O–H groups in total. The SMILES string of the molecule is COc1cc2c3c([nH]c2c(Cl)c1Cl)CCN(C(=O)CO)C3. The number of H-pyrrole nitrogens is 1. The number of aromatic amines is 1. The van der Waals surface area contributed by atoms with Crippen molar-refractivity contribution in [2.45, 2.75) is 13.0 Å². The van der Waals surface area contributed by atoms with E-state index in [0.29, 0.717) is 35.3 Å². The average molecular weight is 329 g/mol. The topological polar surface area (TPSA) is 65.6 Å². The van der Waals surface area contributed by atoms with E-state index in [2.05, 4.69) is 4.98 Å². The highest BCUT2D eigenvalue weighted by Crippen LogP contribution is 2.41. The Morgan fingerprint density at radius 3 is 2.90 bits per heavy atom. The second-order valence-corrected chi connectivity index (χ2v) is 5.69. The maximum absolute atomic E-state index is 11.7. The Morgan fingerprint density at radius 2 is 2.24 bits per heavy atom. The largest absolute Gasteiger partial charge is 0.495 e. The summed E-state index contributed by atoms with van der Waals surface area (Å²) < 4.78 is 5.24. The molecule has 1 amide bonds. The highest BCUT2D eigenvalue weighted by atomic mass is 35.5. The van der Waals surface area contributed by atoms with Crippen LogP contribution in [0.4, 0.5) is 0 Å². The molecule has 3 rings (SSSR count). The van der Waals surface area contributed by atoms with Gasteiger partial charge in [0, 0.05) is 36.2 Å². The van der Waals surface area contributed by atoms with Gasteiger partial charge in [0.1, 0.15) is 17.4 Å². The number of methoxy groups -OCH3 is 1. The van der Waals surface area contributed by atoms with Crippen LogP contribution in [0.5, 0.6) is 5.75 Å². The van der Waals surface area contributed by atoms with E-state index in [1.165, 1.54) is 7.11 Å². The van der Waals surface area contributed by atoms with Gasteiger partial charge >= 0.3 is 0 Å². The normalized spacial score (nSPS) is 14.4. The minimum Gasteiger partial charge on any atom is -0.495 e. The maximum Gasteiger partial charge on any atom is 0.248 e. The standard InChI is InChI=1S/C14H14Cl2N2O3/c1-21-10-4-7-8-5-18(11(20)6-19)3-2-9(8)17-14(7)13(16)12(10)15/h4,17,19H,2-3,5-6H2,1H3. The highest BCUT2D eigenvalue weighted by molar-refractivity contribution is 6.46. The number of amides is 1. The van der Waals surface area contributed by atoms with Crippen molar-refractivity contribution in [2.24, 2.45) is 0 Å². The number of aliphatic hydroxyl groups excluding tert-OH is 1. The number of rotatable bonds is 2. The Kier molecular flexibility index (Phi) is 3.73. The lowest BCUT2D eigenvalue weighted by Gasteiger charge is -2.26. The molecule has 0 spiro atoms. The van der Waals surface area contributed by atoms with Crippen molar-refractivity contribution in [3.63, 3.8) is 0 Å². The zero-order valence-corrected chi connectivity index (χ0v) is 12.9. The number of nitrogens with zero attached hydrogens (tertiary/aromatic N) is 1. The number of fused-ring (bicyclic) bond motifs is 3. The van der Waals surface area contributed by atoms with Gasteiger partial charge in [-0.15, -0.1) is 0 Å². The van der Waals surface area contributed by atoms with E-state index in [1.54, 1.807) is 4.90 Å². The van der Waals surface area contributed by atoms with Gasteiger partial charge in [-0.25, -0.2) is 0 Å². The smallest absolute Gasteiger partial charge is 0.248 e. The van der Waals surface area contributed by atoms with Crippen LogP contribution in [0.15, 0.2) is 6.07 Å². The van der Waals surface area contributed by atoms with Crippen LogP contribution in [0.2, 0.25) is 10.0 Å². The van der Waals surface area contributed by atoms with Gasteiger partial charge in [-0.3, -0.25) is 4.79 Å². The van der Waals surface area contributed by atoms with Crippen LogP contribution in [-0.2, 0) is 17.8 Å². The summed E-state index contributed by atoms with van der Waals surface area (Å²) in [6.07, 6.45) is 0.687. The van der Waals surface area contributed by atoms with Crippen LogP contribution in [0.25, 0.3) is 10.9 Å². The molecule has 112 valence electrons. The second kappa shape index (κ2) is 5.40. The molecule has 0 saturated heterocycles. The summed E-state index contributed by atoms with van der Waals surface area (Å²) in [6, 6.07) is 1.83. The molecular weight excluding hydrogens is 315 g/mol. The zero-order valence-electron chi connectivity index (χ0n) is 11.4. The molecule has 0 bridgehead atoms. The maximum atomic E-state index is 11.7. The van der Waals surface area contributed by atoms with Gasteiger partial charge in [-0.05, 0) is 6.07 Å². The van der Waals surface area contributed by atoms with Crippen LogP contribution < -0.4 is 4.74 Å². The van der Waals surface area contributed by atoms with E-state index in [1.807, 2.05) is 6.07 Å². The summed E-state index contributed by atoms with van der Waals surface area (Å²) in [6.45, 7) is 0.533. The number of aliphatic hydroxyl groups is 1. The molecule has 5 nitrogen and oxygen atoms in total. The molecule has 1 aliphatic heterocycles. The molecule has 21 heavy (non-hydrogen) atoms. The third-order valence-electron chi connectivity index (χ3n) is 3.83. The molecule has 1 aromatic carbocycles. The summed E-state index contributed by atoms with van der Waals surface area (Å²) in [5.74, 6) is 0.226. The lowest BCUT2D eigenvalue weighted by molar-refractivity contribution is -0.135. The lowest BCUT2D eigenvalue weighted by Crippen LogP contribution is -2.37. The molecule has 0 aliphatic carbocycles. The fourth-order valence-electron chi connectivity index (χ4n) is 2.72. The lowest BCUT2D eigenvalue weighted by atomic mass is 10.0. The molecule has 2 aromatic rings. The van der Waals surface area contributed by atoms with Crippen LogP contribution in [0.1, 0.15) is 11.3 Å². The summed E-state index contributed by atoms with van der Waals surface area (Å²) in [4.78, 5) is 16.6. The van der Waals surface area contributed by atoms with Gasteiger partial charge in [0.25, 0.3) is 0 Å². The van der Waals surface area contributed by atoms with Gasteiger partial charge in [-0.1, -0.05) is 23.2 Å². The number of halogens is 2. The molecule has 2 heterocycles. The second-order valence-electron chi connectivity index (χ2n) is 4.93. The van der Waals surface area contributed by atoms with E-state index < -0.39 is 6.61 Å². The van der Waals surface area contributed by atoms with Gasteiger partial charge in [-0.2, -0.15) is 0 Å². The van der Waals surface area contributed by atoms with Crippen molar-refractivity contribution in [3.05, 3.63) is 27.4 Å². The summed E-state index contributed by atoms with van der Waals surface area (Å²) in [5.41, 5.74) is 2.79. The van der Waals surface area contributed by atoms with E-state index >= 15 is 0 Å². The number of nitrogens with one attached hydrogen (secondary N) is 1. The third kappa shape index (κ3) is 2.25. The van der Waals surface area contributed by atoms with Crippen LogP contribution in [0.3, 0.4) is 0 Å². The Hall–Kier alpha value is -1.43. The van der Waals surface area contributed by atoms with Crippen molar-refractivity contribution >= 4 is 40.0 Å². The van der Waals surface area contributed by atoms with Crippen LogP contribution in [-0.4, -0.2) is 41.2 Å². The number of ether oxygens (including phenoxy) is 1. The predicted molar refractivity (Wildman–Crippen MR) is 81.1 cm³/mol. The van der Waals surface area contributed by atoms with Crippen molar-refractivity contribution in [3.8, 4) is 5.75 Å². The fourth-order valence-corrected chi connectivity index (χ4v) is 3.19. The number of benzene rings is 1. The van der Waals surface area contributed by atoms with Gasteiger partial charge in [0.2, 0.25) is 5.91 Å². The minimum absolute atomic E-state index is 0.276. The Labute approximate surface area is 131 Å². The molecule has 1 aromatic heterocycles. The number of carbonyl (C=O) groups excluding carboxylic acids is 1. The van der Waals surface area contributed by atoms with Gasteiger partial charge in [0.15, 0.2) is 0 Å². The number of aromatic nitrogens is 1. The van der Waals surface area contributed by atoms with Crippen molar-refractivity contribution in [1.82, 2.24) is 9.88 Å². The third-order valence-corrected chi connectivity index (χ3v) is 4.68. The summed E-state index contributed by atoms with van der Waals surface area (Å²) >= 11 is 12.5. The Bertz CT molecular complexity index is 727. The van der Waals surface area contributed by atoms with Crippen molar-refractivity contribution in [2.75, 3.05) is 20.3 Å². The van der Waals surface area contributed by atoms with Crippen LogP contribution >= 0.6 is 23.2 Å². The molecular formula is C14H14Cl2N2O3. The Balaban J connectivity index is 2.14. The predicted octanol–water partition coefficient (Wildman–Crippen LogP) is 2.36. The minimum atomic E-state index is -0.479. The van der Waals surface area contributed by atoms with Gasteiger partial charge in [0.05, 0.1) is 17.6 Å². The van der Waals surface area contributed by atoms with Gasteiger partial charge < -0.3 is 19.7 Å². The molecule has 0 atom stereocenters. The van der Waals surface area contributed by atoms with Crippen LogP contribution in [0, 0.1) is 0 Å². The number of hydrogen-bond donors (Lipinski definition) is 2. The van der Waals surface area contributed by atoms with E-state index in [-0.39, 0.29) is 5.91 Å². The summed E-state index contributed by atoms with van der Waals surface area (Å²) in [7, 11) is 1.53. The fraction of sp³-hybridized carbons (Fsp3) is 0.357. The average Bonchev–Trinajstić information content (AvgIpc) is 2.87. The molecule has 0 fully saturated rings. The molecule has 0 radical (unpaired) electrons. The first kappa shape index (κ1) is 14.5. The zero-order chi connectivity index (χ0) is 15.1. The van der Waals surface area contributed by atoms with E-state index in [9.17, 15) is 4.79 Å². The quantitative estimate of drug-likeness (QED) is 0.889. The Morgan fingerprint density at radius 1 is 1.48 bits per heavy atom. The highest BCUT2D eigenvalue weighted by Gasteiger charge is 2.25. The monoisotopic (exact) mass is 328 g/mol. The number of hydrogen-bond acceptors (Lipinski definition) is 3. The first-order chi connectivity index (χ1) is 10.1. The molecule has 7 heteroatoms. The molecule has 0 unspecified atom stereocenters. The van der Waals surface area contributed by atoms with Crippen molar-refractivity contribution < 1.29 is 14.6 Å². The first-order valence-electron chi connectivity index (χ1n) is 6.50. The molecule has 1 aliphatic rings. The molecule has 0 saturated carbocycles. The number of carbonyl (C=O) groups is 1. The summed E-state index contributed by atoms with van der Waals surface area (Å²) in [5, 5.41) is 10.7. The van der Waals surface area contributed by atoms with E-state index in [0.717, 1.165) is 22.2 Å². The van der Waals surface area contributed by atoms with Crippen molar-refractivity contribution in [1.29, 1.82) is 0 Å². The first-order valence-corrected chi connectivity index (χ1v) is 7.26.